The maximum absolute atomic E-state index is 13.3. The smallest absolute Gasteiger partial charge is 0.133 e. The summed E-state index contributed by atoms with van der Waals surface area (Å²) < 4.78 is 19.1. The number of halogens is 1. The minimum Gasteiger partial charge on any atom is -0.457 e. The molecular weight excluding hydrogens is 261 g/mol. The van der Waals surface area contributed by atoms with Gasteiger partial charge in [0, 0.05) is 23.1 Å². The molecule has 0 aliphatic heterocycles. The first-order valence-electron chi connectivity index (χ1n) is 5.95. The number of rotatable bonds is 4. The predicted molar refractivity (Wildman–Crippen MR) is 77.3 cm³/mol. The number of nitrogens with two attached hydrogens (primary N) is 1. The minimum atomic E-state index is -0.309. The molecule has 4 heteroatoms. The number of hydrogen-bond donors (Lipinski definition) is 1. The van der Waals surface area contributed by atoms with Crippen LogP contribution in [0.3, 0.4) is 0 Å². The van der Waals surface area contributed by atoms with E-state index in [2.05, 4.69) is 0 Å². The monoisotopic (exact) mass is 277 g/mol. The Hall–Kier alpha value is -1.52. The van der Waals surface area contributed by atoms with E-state index in [9.17, 15) is 4.39 Å². The summed E-state index contributed by atoms with van der Waals surface area (Å²) in [6, 6.07) is 10.3. The van der Waals surface area contributed by atoms with Crippen LogP contribution < -0.4 is 10.5 Å². The van der Waals surface area contributed by atoms with Gasteiger partial charge in [-0.05, 0) is 36.9 Å². The highest BCUT2D eigenvalue weighted by Crippen LogP contribution is 2.33. The molecule has 0 unspecified atom stereocenters. The van der Waals surface area contributed by atoms with Crippen molar-refractivity contribution in [3.8, 4) is 11.5 Å². The first kappa shape index (κ1) is 13.9. The fraction of sp³-hybridized carbons (Fsp3) is 0.200. The lowest BCUT2D eigenvalue weighted by Gasteiger charge is -2.14. The lowest BCUT2D eigenvalue weighted by atomic mass is 10.2. The minimum absolute atomic E-state index is 0.309. The van der Waals surface area contributed by atoms with Gasteiger partial charge in [0.05, 0.1) is 0 Å². The largest absolute Gasteiger partial charge is 0.457 e. The van der Waals surface area contributed by atoms with Crippen molar-refractivity contribution in [2.75, 3.05) is 6.26 Å². The zero-order chi connectivity index (χ0) is 13.8. The molecule has 0 radical (unpaired) electrons. The van der Waals surface area contributed by atoms with Crippen molar-refractivity contribution in [2.45, 2.75) is 18.4 Å². The third kappa shape index (κ3) is 3.08. The van der Waals surface area contributed by atoms with E-state index in [1.807, 2.05) is 31.4 Å². The van der Waals surface area contributed by atoms with Crippen LogP contribution in [-0.4, -0.2) is 6.26 Å². The van der Waals surface area contributed by atoms with Gasteiger partial charge in [0.2, 0.25) is 0 Å². The molecule has 0 fully saturated rings. The van der Waals surface area contributed by atoms with Gasteiger partial charge < -0.3 is 10.5 Å². The lowest BCUT2D eigenvalue weighted by Crippen LogP contribution is -2.02. The van der Waals surface area contributed by atoms with Crippen LogP contribution in [0.5, 0.6) is 11.5 Å². The highest BCUT2D eigenvalue weighted by atomic mass is 32.2. The Morgan fingerprint density at radius 1 is 1.21 bits per heavy atom. The molecule has 100 valence electrons. The summed E-state index contributed by atoms with van der Waals surface area (Å²) in [5.41, 5.74) is 7.61. The third-order valence-electron chi connectivity index (χ3n) is 2.88. The van der Waals surface area contributed by atoms with Gasteiger partial charge in [-0.1, -0.05) is 12.1 Å². The molecule has 0 aliphatic carbocycles. The van der Waals surface area contributed by atoms with Gasteiger partial charge in [-0.3, -0.25) is 0 Å². The highest BCUT2D eigenvalue weighted by Gasteiger charge is 2.10. The quantitative estimate of drug-likeness (QED) is 0.854. The molecular formula is C15H16FNOS. The average molecular weight is 277 g/mol. The van der Waals surface area contributed by atoms with E-state index in [0.717, 1.165) is 16.0 Å². The van der Waals surface area contributed by atoms with Crippen LogP contribution in [0.25, 0.3) is 0 Å². The Morgan fingerprint density at radius 2 is 2.00 bits per heavy atom. The first-order valence-corrected chi connectivity index (χ1v) is 7.18. The second-order valence-corrected chi connectivity index (χ2v) is 5.00. The molecule has 2 aromatic carbocycles. The van der Waals surface area contributed by atoms with E-state index in [4.69, 9.17) is 10.5 Å². The van der Waals surface area contributed by atoms with Gasteiger partial charge in [-0.15, -0.1) is 11.8 Å². The molecule has 2 N–H and O–H groups in total. The van der Waals surface area contributed by atoms with Crippen LogP contribution in [-0.2, 0) is 6.54 Å². The van der Waals surface area contributed by atoms with E-state index in [0.29, 0.717) is 18.0 Å². The molecule has 0 heterocycles. The predicted octanol–water partition coefficient (Wildman–Crippen LogP) is 4.11. The van der Waals surface area contributed by atoms with Gasteiger partial charge in [-0.25, -0.2) is 4.39 Å². The average Bonchev–Trinajstić information content (AvgIpc) is 2.42. The molecule has 0 saturated heterocycles. The van der Waals surface area contributed by atoms with Crippen LogP contribution in [0.2, 0.25) is 0 Å². The molecule has 2 nitrogen and oxygen atoms in total. The van der Waals surface area contributed by atoms with Gasteiger partial charge in [0.1, 0.15) is 17.3 Å². The van der Waals surface area contributed by atoms with Gasteiger partial charge in [0.15, 0.2) is 0 Å². The SMILES string of the molecule is CSc1cccc(Oc2cc(F)ccc2C)c1CN. The Morgan fingerprint density at radius 3 is 2.68 bits per heavy atom. The lowest BCUT2D eigenvalue weighted by molar-refractivity contribution is 0.465. The second-order valence-electron chi connectivity index (χ2n) is 4.15. The Labute approximate surface area is 116 Å². The summed E-state index contributed by atoms with van der Waals surface area (Å²) in [6.07, 6.45) is 1.99. The zero-order valence-corrected chi connectivity index (χ0v) is 11.8. The Kier molecular flexibility index (Phi) is 4.45. The van der Waals surface area contributed by atoms with Crippen molar-refractivity contribution in [3.05, 3.63) is 53.3 Å². The molecule has 19 heavy (non-hydrogen) atoms. The van der Waals surface area contributed by atoms with E-state index in [-0.39, 0.29) is 5.82 Å². The number of hydrogen-bond acceptors (Lipinski definition) is 3. The molecule has 0 amide bonds. The fourth-order valence-electron chi connectivity index (χ4n) is 1.84. The maximum Gasteiger partial charge on any atom is 0.133 e. The topological polar surface area (TPSA) is 35.2 Å². The third-order valence-corrected chi connectivity index (χ3v) is 3.71. The van der Waals surface area contributed by atoms with Crippen molar-refractivity contribution >= 4 is 11.8 Å². The molecule has 0 aliphatic rings. The van der Waals surface area contributed by atoms with Crippen molar-refractivity contribution in [1.29, 1.82) is 0 Å². The zero-order valence-electron chi connectivity index (χ0n) is 10.9. The molecule has 0 aromatic heterocycles. The van der Waals surface area contributed by atoms with Crippen LogP contribution in [0.15, 0.2) is 41.3 Å². The maximum atomic E-state index is 13.3. The number of thioether (sulfide) groups is 1. The normalized spacial score (nSPS) is 10.5. The van der Waals surface area contributed by atoms with Gasteiger partial charge >= 0.3 is 0 Å². The van der Waals surface area contributed by atoms with E-state index in [1.54, 1.807) is 17.8 Å². The van der Waals surface area contributed by atoms with Crippen LogP contribution >= 0.6 is 11.8 Å². The Balaban J connectivity index is 2.40. The van der Waals surface area contributed by atoms with Gasteiger partial charge in [-0.2, -0.15) is 0 Å². The molecule has 0 saturated carbocycles. The van der Waals surface area contributed by atoms with E-state index >= 15 is 0 Å². The first-order chi connectivity index (χ1) is 9.15. The molecule has 2 rings (SSSR count). The summed E-state index contributed by atoms with van der Waals surface area (Å²) >= 11 is 1.62. The molecule has 0 spiro atoms. The number of benzene rings is 2. The fourth-order valence-corrected chi connectivity index (χ4v) is 2.48. The molecule has 0 atom stereocenters. The summed E-state index contributed by atoms with van der Waals surface area (Å²) in [4.78, 5) is 1.08. The summed E-state index contributed by atoms with van der Waals surface area (Å²) in [7, 11) is 0. The van der Waals surface area contributed by atoms with Gasteiger partial charge in [0.25, 0.3) is 0 Å². The summed E-state index contributed by atoms with van der Waals surface area (Å²) in [5, 5.41) is 0. The van der Waals surface area contributed by atoms with Crippen LogP contribution in [0.1, 0.15) is 11.1 Å². The molecule has 0 bridgehead atoms. The van der Waals surface area contributed by atoms with Crippen LogP contribution in [0, 0.1) is 12.7 Å². The summed E-state index contributed by atoms with van der Waals surface area (Å²) in [5.74, 6) is 0.895. The van der Waals surface area contributed by atoms with Crippen molar-refractivity contribution in [2.24, 2.45) is 5.73 Å². The van der Waals surface area contributed by atoms with E-state index < -0.39 is 0 Å². The number of ether oxygens (including phenoxy) is 1. The van der Waals surface area contributed by atoms with Crippen LogP contribution in [0.4, 0.5) is 4.39 Å². The highest BCUT2D eigenvalue weighted by molar-refractivity contribution is 7.98. The van der Waals surface area contributed by atoms with E-state index in [1.165, 1.54) is 12.1 Å². The Bertz CT molecular complexity index is 586. The summed E-state index contributed by atoms with van der Waals surface area (Å²) in [6.45, 7) is 2.27. The molecule has 2 aromatic rings. The van der Waals surface area contributed by atoms with Crippen molar-refractivity contribution in [3.63, 3.8) is 0 Å². The number of aryl methyl sites for hydroxylation is 1. The second kappa shape index (κ2) is 6.08. The van der Waals surface area contributed by atoms with Crippen molar-refractivity contribution in [1.82, 2.24) is 0 Å². The van der Waals surface area contributed by atoms with Crippen molar-refractivity contribution < 1.29 is 9.13 Å². The standard InChI is InChI=1S/C15H16FNOS/c1-10-6-7-11(16)8-14(10)18-13-4-3-5-15(19-2)12(13)9-17/h3-8H,9,17H2,1-2H3.